The molecule has 1 aliphatic rings. The average Bonchev–Trinajstić information content (AvgIpc) is 2.57. The maximum Gasteiger partial charge on any atom is 0.413 e. The van der Waals surface area contributed by atoms with Crippen LogP contribution in [-0.2, 0) is 15.0 Å². The van der Waals surface area contributed by atoms with E-state index in [1.165, 1.54) is 19.1 Å². The molecule has 0 saturated carbocycles. The Morgan fingerprint density at radius 3 is 2.22 bits per heavy atom. The van der Waals surface area contributed by atoms with E-state index in [4.69, 9.17) is 18.9 Å². The molecule has 1 amide bonds. The Kier molecular flexibility index (Phi) is 5.75. The van der Waals surface area contributed by atoms with Crippen LogP contribution in [0.2, 0.25) is 0 Å². The first kappa shape index (κ1) is 21.0. The van der Waals surface area contributed by atoms with Crippen molar-refractivity contribution < 1.29 is 28.5 Å². The number of benzene rings is 1. The SMILES string of the molecule is COCN(C(=O)OC(C)(C)C)[C@@]1(C(C)C)C(=O)c2c(OC)cc(OC)cc21. The monoisotopic (exact) mass is 379 g/mol. The number of methoxy groups -OCH3 is 3. The van der Waals surface area contributed by atoms with Crippen molar-refractivity contribution in [2.75, 3.05) is 28.1 Å². The number of amides is 1. The molecule has 2 rings (SSSR count). The van der Waals surface area contributed by atoms with Crippen molar-refractivity contribution >= 4 is 11.9 Å². The smallest absolute Gasteiger partial charge is 0.413 e. The Balaban J connectivity index is 2.67. The molecule has 0 aliphatic heterocycles. The lowest BCUT2D eigenvalue weighted by molar-refractivity contribution is -0.0551. The Bertz CT molecular complexity index is 737. The predicted molar refractivity (Wildman–Crippen MR) is 100 cm³/mol. The van der Waals surface area contributed by atoms with Gasteiger partial charge in [0.1, 0.15) is 29.4 Å². The molecule has 7 nitrogen and oxygen atoms in total. The van der Waals surface area contributed by atoms with E-state index in [2.05, 4.69) is 0 Å². The summed E-state index contributed by atoms with van der Waals surface area (Å²) in [6.07, 6.45) is -0.612. The lowest BCUT2D eigenvalue weighted by Gasteiger charge is -2.51. The topological polar surface area (TPSA) is 74.3 Å². The number of nitrogens with zero attached hydrogens (tertiary/aromatic N) is 1. The largest absolute Gasteiger partial charge is 0.497 e. The number of carbonyl (C=O) groups is 2. The van der Waals surface area contributed by atoms with E-state index < -0.39 is 17.2 Å². The summed E-state index contributed by atoms with van der Waals surface area (Å²) in [6, 6.07) is 3.43. The van der Waals surface area contributed by atoms with Crippen molar-refractivity contribution in [2.24, 2.45) is 5.92 Å². The summed E-state index contributed by atoms with van der Waals surface area (Å²) in [5.41, 5.74) is -0.795. The molecule has 150 valence electrons. The van der Waals surface area contributed by atoms with Gasteiger partial charge in [-0.25, -0.2) is 4.79 Å². The van der Waals surface area contributed by atoms with Crippen molar-refractivity contribution in [3.05, 3.63) is 23.3 Å². The van der Waals surface area contributed by atoms with Gasteiger partial charge in [-0.1, -0.05) is 13.8 Å². The average molecular weight is 379 g/mol. The van der Waals surface area contributed by atoms with Crippen LogP contribution in [0, 0.1) is 5.92 Å². The third kappa shape index (κ3) is 3.36. The molecule has 0 unspecified atom stereocenters. The van der Waals surface area contributed by atoms with Crippen molar-refractivity contribution in [3.63, 3.8) is 0 Å². The minimum atomic E-state index is -1.21. The van der Waals surface area contributed by atoms with Gasteiger partial charge in [0.05, 0.1) is 19.8 Å². The van der Waals surface area contributed by atoms with E-state index in [9.17, 15) is 9.59 Å². The molecule has 1 aromatic carbocycles. The highest BCUT2D eigenvalue weighted by atomic mass is 16.6. The molecule has 0 aromatic heterocycles. The third-order valence-corrected chi connectivity index (χ3v) is 4.65. The second-order valence-electron chi connectivity index (χ2n) is 7.83. The maximum atomic E-state index is 13.4. The number of carbonyl (C=O) groups excluding carboxylic acids is 2. The highest BCUT2D eigenvalue weighted by Crippen LogP contribution is 2.53. The van der Waals surface area contributed by atoms with Crippen molar-refractivity contribution in [2.45, 2.75) is 45.8 Å². The van der Waals surface area contributed by atoms with Crippen LogP contribution >= 0.6 is 0 Å². The van der Waals surface area contributed by atoms with Crippen LogP contribution in [-0.4, -0.2) is 50.4 Å². The van der Waals surface area contributed by atoms with Gasteiger partial charge in [0.25, 0.3) is 0 Å². The van der Waals surface area contributed by atoms with E-state index in [0.717, 1.165) is 0 Å². The quantitative estimate of drug-likeness (QED) is 0.703. The van der Waals surface area contributed by atoms with Crippen LogP contribution in [0.5, 0.6) is 11.5 Å². The number of rotatable bonds is 6. The second-order valence-corrected chi connectivity index (χ2v) is 7.83. The van der Waals surface area contributed by atoms with Crippen LogP contribution in [0.15, 0.2) is 12.1 Å². The lowest BCUT2D eigenvalue weighted by Crippen LogP contribution is -2.64. The van der Waals surface area contributed by atoms with Gasteiger partial charge in [-0.05, 0) is 32.8 Å². The molecule has 1 aliphatic carbocycles. The van der Waals surface area contributed by atoms with E-state index in [-0.39, 0.29) is 18.4 Å². The standard InChI is InChI=1S/C20H29NO6/c1-12(2)20(21(11-24-6)18(23)27-19(3,4)5)14-9-13(25-7)10-15(26-8)16(14)17(20)22/h9-10,12H,11H2,1-8H3/t20-/m1/s1. The molecule has 0 radical (unpaired) electrons. The Labute approximate surface area is 160 Å². The summed E-state index contributed by atoms with van der Waals surface area (Å²) < 4.78 is 21.5. The number of hydrogen-bond donors (Lipinski definition) is 0. The van der Waals surface area contributed by atoms with Gasteiger partial charge < -0.3 is 18.9 Å². The maximum absolute atomic E-state index is 13.4. The van der Waals surface area contributed by atoms with Crippen LogP contribution in [0.4, 0.5) is 4.79 Å². The number of ketones is 1. The zero-order chi connectivity index (χ0) is 20.6. The van der Waals surface area contributed by atoms with Crippen molar-refractivity contribution in [1.29, 1.82) is 0 Å². The van der Waals surface area contributed by atoms with E-state index in [1.54, 1.807) is 40.0 Å². The fourth-order valence-corrected chi connectivity index (χ4v) is 3.55. The number of Topliss-reactive ketones (excluding diaryl/α,β-unsaturated/α-hetero) is 1. The van der Waals surface area contributed by atoms with Gasteiger partial charge in [-0.3, -0.25) is 9.69 Å². The molecule has 0 N–H and O–H groups in total. The summed E-state index contributed by atoms with van der Waals surface area (Å²) in [6.45, 7) is 9.03. The molecule has 0 bridgehead atoms. The summed E-state index contributed by atoms with van der Waals surface area (Å²) in [5, 5.41) is 0. The zero-order valence-electron chi connectivity index (χ0n) is 17.3. The summed E-state index contributed by atoms with van der Waals surface area (Å²) >= 11 is 0. The first-order chi connectivity index (χ1) is 12.5. The highest BCUT2D eigenvalue weighted by molar-refractivity contribution is 6.17. The van der Waals surface area contributed by atoms with Gasteiger partial charge in [0, 0.05) is 18.7 Å². The summed E-state index contributed by atoms with van der Waals surface area (Å²) in [7, 11) is 4.51. The fourth-order valence-electron chi connectivity index (χ4n) is 3.55. The molecule has 1 atom stereocenters. The molecule has 27 heavy (non-hydrogen) atoms. The second kappa shape index (κ2) is 7.38. The summed E-state index contributed by atoms with van der Waals surface area (Å²) in [4.78, 5) is 27.7. The van der Waals surface area contributed by atoms with Crippen LogP contribution in [0.3, 0.4) is 0 Å². The molecule has 0 spiro atoms. The Morgan fingerprint density at radius 2 is 1.78 bits per heavy atom. The fraction of sp³-hybridized carbons (Fsp3) is 0.600. The molecular formula is C20H29NO6. The third-order valence-electron chi connectivity index (χ3n) is 4.65. The molecule has 0 saturated heterocycles. The highest BCUT2D eigenvalue weighted by Gasteiger charge is 2.61. The first-order valence-corrected chi connectivity index (χ1v) is 8.85. The van der Waals surface area contributed by atoms with E-state index >= 15 is 0 Å². The number of fused-ring (bicyclic) bond motifs is 1. The molecular weight excluding hydrogens is 350 g/mol. The predicted octanol–water partition coefficient (Wildman–Crippen LogP) is 3.59. The van der Waals surface area contributed by atoms with Gasteiger partial charge in [-0.2, -0.15) is 0 Å². The van der Waals surface area contributed by atoms with E-state index in [0.29, 0.717) is 22.6 Å². The van der Waals surface area contributed by atoms with Crippen LogP contribution < -0.4 is 9.47 Å². The molecule has 0 heterocycles. The molecule has 1 aromatic rings. The van der Waals surface area contributed by atoms with Gasteiger partial charge >= 0.3 is 6.09 Å². The van der Waals surface area contributed by atoms with Gasteiger partial charge in [0.15, 0.2) is 5.78 Å². The lowest BCUT2D eigenvalue weighted by atomic mass is 9.62. The normalized spacial score (nSPS) is 18.6. The van der Waals surface area contributed by atoms with Crippen molar-refractivity contribution in [3.8, 4) is 11.5 Å². The first-order valence-electron chi connectivity index (χ1n) is 8.85. The Hall–Kier alpha value is -2.28. The van der Waals surface area contributed by atoms with E-state index in [1.807, 2.05) is 13.8 Å². The molecule has 0 fully saturated rings. The molecule has 7 heteroatoms. The van der Waals surface area contributed by atoms with Crippen LogP contribution in [0.25, 0.3) is 0 Å². The van der Waals surface area contributed by atoms with Gasteiger partial charge in [0.2, 0.25) is 0 Å². The zero-order valence-corrected chi connectivity index (χ0v) is 17.3. The minimum Gasteiger partial charge on any atom is -0.497 e. The minimum absolute atomic E-state index is 0.0855. The number of ether oxygens (including phenoxy) is 4. The number of hydrogen-bond acceptors (Lipinski definition) is 6. The van der Waals surface area contributed by atoms with Gasteiger partial charge in [-0.15, -0.1) is 0 Å². The van der Waals surface area contributed by atoms with Crippen LogP contribution in [0.1, 0.15) is 50.5 Å². The summed E-state index contributed by atoms with van der Waals surface area (Å²) in [5.74, 6) is 0.545. The Morgan fingerprint density at radius 1 is 1.15 bits per heavy atom. The van der Waals surface area contributed by atoms with Crippen molar-refractivity contribution in [1.82, 2.24) is 4.90 Å².